The molecule has 2 atom stereocenters. The number of esters is 1. The summed E-state index contributed by atoms with van der Waals surface area (Å²) >= 11 is 1.60. The number of thioether (sulfide) groups is 1. The molecule has 2 aromatic carbocycles. The van der Waals surface area contributed by atoms with Gasteiger partial charge in [0.2, 0.25) is 5.91 Å². The highest BCUT2D eigenvalue weighted by molar-refractivity contribution is 8.00. The lowest BCUT2D eigenvalue weighted by Crippen LogP contribution is -2.47. The summed E-state index contributed by atoms with van der Waals surface area (Å²) in [4.78, 5) is 40.4. The van der Waals surface area contributed by atoms with Gasteiger partial charge in [-0.15, -0.1) is 11.8 Å². The van der Waals surface area contributed by atoms with E-state index in [-0.39, 0.29) is 18.4 Å². The number of ether oxygens (including phenoxy) is 1. The van der Waals surface area contributed by atoms with E-state index in [9.17, 15) is 14.4 Å². The number of anilines is 1. The Labute approximate surface area is 173 Å². The molecule has 0 N–H and O–H groups in total. The number of fused-ring (bicyclic) bond motifs is 1. The molecule has 0 aromatic heterocycles. The van der Waals surface area contributed by atoms with Gasteiger partial charge in [-0.3, -0.25) is 9.59 Å². The number of nitrogens with zero attached hydrogens (tertiary/aromatic N) is 2. The molecule has 2 heterocycles. The smallest absolute Gasteiger partial charge is 0.330 e. The van der Waals surface area contributed by atoms with Crippen molar-refractivity contribution in [3.05, 3.63) is 66.2 Å². The maximum atomic E-state index is 12.8. The van der Waals surface area contributed by atoms with Crippen LogP contribution in [0.1, 0.15) is 18.4 Å². The summed E-state index contributed by atoms with van der Waals surface area (Å²) in [6, 6.07) is 18.3. The monoisotopic (exact) mass is 410 g/mol. The number of carbonyl (C=O) groups excluding carboxylic acids is 3. The van der Waals surface area contributed by atoms with E-state index in [0.29, 0.717) is 18.6 Å². The van der Waals surface area contributed by atoms with E-state index in [2.05, 4.69) is 0 Å². The number of amides is 2. The van der Waals surface area contributed by atoms with Gasteiger partial charge in [0.15, 0.2) is 6.61 Å². The lowest BCUT2D eigenvalue weighted by atomic mass is 10.0. The molecule has 2 saturated heterocycles. The first kappa shape index (κ1) is 19.5. The Balaban J connectivity index is 1.44. The van der Waals surface area contributed by atoms with E-state index in [1.807, 2.05) is 60.7 Å². The summed E-state index contributed by atoms with van der Waals surface area (Å²) in [5.41, 5.74) is 1.74. The number of carbonyl (C=O) groups is 3. The van der Waals surface area contributed by atoms with Crippen molar-refractivity contribution >= 4 is 35.2 Å². The van der Waals surface area contributed by atoms with E-state index < -0.39 is 16.9 Å². The molecule has 29 heavy (non-hydrogen) atoms. The lowest BCUT2D eigenvalue weighted by molar-refractivity contribution is -0.156. The molecule has 0 aliphatic carbocycles. The van der Waals surface area contributed by atoms with Crippen LogP contribution in [0.3, 0.4) is 0 Å². The van der Waals surface area contributed by atoms with Crippen LogP contribution < -0.4 is 4.90 Å². The van der Waals surface area contributed by atoms with Gasteiger partial charge in [0.25, 0.3) is 5.91 Å². The Kier molecular flexibility index (Phi) is 5.32. The second-order valence-corrected chi connectivity index (χ2v) is 8.43. The van der Waals surface area contributed by atoms with Crippen LogP contribution in [-0.4, -0.2) is 48.1 Å². The second kappa shape index (κ2) is 7.91. The van der Waals surface area contributed by atoms with Crippen molar-refractivity contribution in [1.82, 2.24) is 4.90 Å². The van der Waals surface area contributed by atoms with Gasteiger partial charge in [-0.25, -0.2) is 4.79 Å². The molecule has 7 heteroatoms. The number of rotatable bonds is 5. The number of para-hydroxylation sites is 1. The van der Waals surface area contributed by atoms with Crippen LogP contribution >= 0.6 is 11.8 Å². The minimum absolute atomic E-state index is 0.0477. The van der Waals surface area contributed by atoms with E-state index in [0.717, 1.165) is 11.3 Å². The standard InChI is InChI=1S/C22H22N2O4S/c1-23(17-10-6-3-7-11-17)20(26)14-28-21(27)18-15-29-22(13-12-19(25)24(18)22)16-8-4-2-5-9-16/h2-11,18H,12-15H2,1H3/t18-,22+/m1/s1. The predicted octanol–water partition coefficient (Wildman–Crippen LogP) is 2.78. The van der Waals surface area contributed by atoms with Gasteiger partial charge in [-0.2, -0.15) is 0 Å². The van der Waals surface area contributed by atoms with Gasteiger partial charge in [-0.05, 0) is 24.1 Å². The van der Waals surface area contributed by atoms with Crippen molar-refractivity contribution in [3.8, 4) is 0 Å². The minimum Gasteiger partial charge on any atom is -0.454 e. The summed E-state index contributed by atoms with van der Waals surface area (Å²) in [6.45, 7) is -0.355. The molecule has 150 valence electrons. The lowest BCUT2D eigenvalue weighted by Gasteiger charge is -2.33. The maximum Gasteiger partial charge on any atom is 0.330 e. The van der Waals surface area contributed by atoms with Crippen molar-refractivity contribution in [2.45, 2.75) is 23.8 Å². The van der Waals surface area contributed by atoms with Crippen LogP contribution in [0.4, 0.5) is 5.69 Å². The Bertz CT molecular complexity index is 921. The fourth-order valence-electron chi connectivity index (χ4n) is 3.94. The molecule has 4 rings (SSSR count). The van der Waals surface area contributed by atoms with Gasteiger partial charge < -0.3 is 14.5 Å². The van der Waals surface area contributed by atoms with E-state index >= 15 is 0 Å². The topological polar surface area (TPSA) is 66.9 Å². The molecular formula is C22H22N2O4S. The van der Waals surface area contributed by atoms with E-state index in [1.54, 1.807) is 23.7 Å². The quantitative estimate of drug-likeness (QED) is 0.709. The molecule has 0 unspecified atom stereocenters. The largest absolute Gasteiger partial charge is 0.454 e. The zero-order valence-corrected chi connectivity index (χ0v) is 16.9. The molecule has 2 aromatic rings. The fourth-order valence-corrected chi connectivity index (χ4v) is 5.57. The third-order valence-corrected chi connectivity index (χ3v) is 7.08. The number of hydrogen-bond acceptors (Lipinski definition) is 5. The molecular weight excluding hydrogens is 388 g/mol. The third-order valence-electron chi connectivity index (χ3n) is 5.48. The Hall–Kier alpha value is -2.80. The first-order valence-corrected chi connectivity index (χ1v) is 10.5. The Morgan fingerprint density at radius 3 is 2.48 bits per heavy atom. The SMILES string of the molecule is CN(C(=O)COC(=O)[C@H]1CS[C@]2(c3ccccc3)CCC(=O)N12)c1ccccc1. The normalized spacial score (nSPS) is 23.0. The number of benzene rings is 2. The summed E-state index contributed by atoms with van der Waals surface area (Å²) in [5, 5.41) is 0. The Morgan fingerprint density at radius 2 is 1.79 bits per heavy atom. The first-order valence-electron chi connectivity index (χ1n) is 9.53. The summed E-state index contributed by atoms with van der Waals surface area (Å²) in [5.74, 6) is -0.437. The van der Waals surface area contributed by atoms with Gasteiger partial charge in [0.05, 0.1) is 0 Å². The fraction of sp³-hybridized carbons (Fsp3) is 0.318. The van der Waals surface area contributed by atoms with Crippen molar-refractivity contribution < 1.29 is 19.1 Å². The first-order chi connectivity index (χ1) is 14.0. The zero-order valence-electron chi connectivity index (χ0n) is 16.1. The molecule has 2 aliphatic rings. The molecule has 0 spiro atoms. The van der Waals surface area contributed by atoms with Crippen LogP contribution in [-0.2, 0) is 24.0 Å². The van der Waals surface area contributed by atoms with E-state index in [4.69, 9.17) is 4.74 Å². The van der Waals surface area contributed by atoms with Gasteiger partial charge in [-0.1, -0.05) is 48.5 Å². The number of likely N-dealkylation sites (N-methyl/N-ethyl adjacent to an activating group) is 1. The molecule has 2 amide bonds. The highest BCUT2D eigenvalue weighted by atomic mass is 32.2. The molecule has 0 bridgehead atoms. The van der Waals surface area contributed by atoms with Crippen LogP contribution in [0.25, 0.3) is 0 Å². The minimum atomic E-state index is -0.676. The zero-order chi connectivity index (χ0) is 20.4. The van der Waals surface area contributed by atoms with Gasteiger partial charge in [0, 0.05) is 24.9 Å². The highest BCUT2D eigenvalue weighted by Gasteiger charge is 2.57. The maximum absolute atomic E-state index is 12.8. The van der Waals surface area contributed by atoms with Crippen LogP contribution in [0.2, 0.25) is 0 Å². The van der Waals surface area contributed by atoms with Crippen molar-refractivity contribution in [1.29, 1.82) is 0 Å². The van der Waals surface area contributed by atoms with Crippen LogP contribution in [0.15, 0.2) is 60.7 Å². The molecule has 0 radical (unpaired) electrons. The van der Waals surface area contributed by atoms with Crippen LogP contribution in [0.5, 0.6) is 0 Å². The summed E-state index contributed by atoms with van der Waals surface area (Å²) in [6.07, 6.45) is 1.07. The Morgan fingerprint density at radius 1 is 1.14 bits per heavy atom. The van der Waals surface area contributed by atoms with Gasteiger partial charge in [0.1, 0.15) is 10.9 Å². The second-order valence-electron chi connectivity index (χ2n) is 7.14. The average molecular weight is 410 g/mol. The van der Waals surface area contributed by atoms with Gasteiger partial charge >= 0.3 is 5.97 Å². The molecule has 0 saturated carbocycles. The summed E-state index contributed by atoms with van der Waals surface area (Å²) < 4.78 is 5.33. The highest BCUT2D eigenvalue weighted by Crippen LogP contribution is 2.54. The predicted molar refractivity (Wildman–Crippen MR) is 111 cm³/mol. The summed E-state index contributed by atoms with van der Waals surface area (Å²) in [7, 11) is 1.64. The molecule has 2 fully saturated rings. The van der Waals surface area contributed by atoms with Crippen molar-refractivity contribution in [2.24, 2.45) is 0 Å². The van der Waals surface area contributed by atoms with Crippen molar-refractivity contribution in [2.75, 3.05) is 24.3 Å². The molecule has 6 nitrogen and oxygen atoms in total. The number of hydrogen-bond donors (Lipinski definition) is 0. The van der Waals surface area contributed by atoms with Crippen LogP contribution in [0, 0.1) is 0 Å². The van der Waals surface area contributed by atoms with E-state index in [1.165, 1.54) is 4.90 Å². The third kappa shape index (κ3) is 3.51. The average Bonchev–Trinajstić information content (AvgIpc) is 3.32. The van der Waals surface area contributed by atoms with Crippen molar-refractivity contribution in [3.63, 3.8) is 0 Å². The molecule has 2 aliphatic heterocycles.